The van der Waals surface area contributed by atoms with E-state index >= 15 is 0 Å². The highest BCUT2D eigenvalue weighted by atomic mass is 16.5. The first-order valence-electron chi connectivity index (χ1n) is 16.5. The summed E-state index contributed by atoms with van der Waals surface area (Å²) in [7, 11) is 0. The number of unbranched alkanes of at least 4 members (excludes halogenated alkanes) is 1. The standard InChI is InChI=1S/C40H41N5O4/c1-5-6-23-49-37-26-33(45(31-14-9-7-10-15-31)32-16-11-8-12-17-32)19-20-35(37)42-43-38-30(4)34(27-41)39(46)44(40(38)47)22-13-24-48-36-21-18-28(2)25-29(36)3/h7-12,14-21,25-26,42H,5-6,13,22-24H2,1-4H3/b43-38-. The van der Waals surface area contributed by atoms with Crippen molar-refractivity contribution in [3.8, 4) is 17.6 Å². The van der Waals surface area contributed by atoms with Crippen LogP contribution in [0.15, 0.2) is 113 Å². The molecule has 0 unspecified atom stereocenters. The molecule has 1 aliphatic rings. The van der Waals surface area contributed by atoms with Gasteiger partial charge in [0.1, 0.15) is 23.1 Å². The first-order chi connectivity index (χ1) is 23.8. The predicted molar refractivity (Wildman–Crippen MR) is 194 cm³/mol. The first-order valence-corrected chi connectivity index (χ1v) is 16.5. The lowest BCUT2D eigenvalue weighted by molar-refractivity contribution is -0.138. The highest BCUT2D eigenvalue weighted by Gasteiger charge is 2.36. The van der Waals surface area contributed by atoms with E-state index < -0.39 is 11.8 Å². The summed E-state index contributed by atoms with van der Waals surface area (Å²) >= 11 is 0. The molecule has 0 fully saturated rings. The molecular weight excluding hydrogens is 614 g/mol. The molecule has 4 aromatic carbocycles. The Labute approximate surface area is 288 Å². The van der Waals surface area contributed by atoms with Crippen LogP contribution >= 0.6 is 0 Å². The van der Waals surface area contributed by atoms with Crippen LogP contribution in [0.5, 0.6) is 11.5 Å². The van der Waals surface area contributed by atoms with Gasteiger partial charge < -0.3 is 14.4 Å². The molecule has 0 saturated carbocycles. The Hall–Kier alpha value is -5.88. The molecule has 0 saturated heterocycles. The summed E-state index contributed by atoms with van der Waals surface area (Å²) in [5.74, 6) is 0.0877. The van der Waals surface area contributed by atoms with Crippen LogP contribution in [0.3, 0.4) is 0 Å². The fourth-order valence-electron chi connectivity index (χ4n) is 5.53. The summed E-state index contributed by atoms with van der Waals surface area (Å²) in [6, 6.07) is 33.7. The number of aryl methyl sites for hydroxylation is 2. The SMILES string of the molecule is CCCCOc1cc(N(c2ccccc2)c2ccccc2)ccc1N/N=C1\C(=O)N(CCCOc2ccc(C)cc2C)C(=O)C(C#N)=C1C. The Morgan fingerprint density at radius 1 is 0.776 bits per heavy atom. The molecule has 4 aromatic rings. The van der Waals surface area contributed by atoms with E-state index in [1.54, 1.807) is 6.92 Å². The van der Waals surface area contributed by atoms with E-state index in [4.69, 9.17) is 9.47 Å². The number of anilines is 4. The number of amides is 2. The first kappa shape index (κ1) is 34.5. The van der Waals surface area contributed by atoms with Gasteiger partial charge in [0.05, 0.1) is 18.9 Å². The highest BCUT2D eigenvalue weighted by molar-refractivity contribution is 6.50. The molecule has 9 nitrogen and oxygen atoms in total. The van der Waals surface area contributed by atoms with Crippen LogP contribution in [0, 0.1) is 25.2 Å². The van der Waals surface area contributed by atoms with E-state index in [9.17, 15) is 14.9 Å². The normalized spacial score (nSPS) is 13.8. The second kappa shape index (κ2) is 16.3. The van der Waals surface area contributed by atoms with Crippen LogP contribution in [0.2, 0.25) is 0 Å². The molecule has 2 amide bonds. The second-order valence-corrected chi connectivity index (χ2v) is 11.8. The molecule has 5 rings (SSSR count). The number of nitrogens with zero attached hydrogens (tertiary/aromatic N) is 4. The van der Waals surface area contributed by atoms with Crippen LogP contribution in [-0.2, 0) is 9.59 Å². The number of imide groups is 1. The zero-order chi connectivity index (χ0) is 34.8. The van der Waals surface area contributed by atoms with Crippen molar-refractivity contribution in [2.24, 2.45) is 5.10 Å². The number of hydrogen-bond acceptors (Lipinski definition) is 8. The summed E-state index contributed by atoms with van der Waals surface area (Å²) in [5.41, 5.74) is 8.63. The van der Waals surface area contributed by atoms with Crippen molar-refractivity contribution in [2.45, 2.75) is 47.0 Å². The maximum absolute atomic E-state index is 13.6. The van der Waals surface area contributed by atoms with Gasteiger partial charge in [-0.1, -0.05) is 67.4 Å². The maximum Gasteiger partial charge on any atom is 0.281 e. The van der Waals surface area contributed by atoms with Gasteiger partial charge >= 0.3 is 0 Å². The zero-order valence-corrected chi connectivity index (χ0v) is 28.4. The topological polar surface area (TPSA) is 107 Å². The van der Waals surface area contributed by atoms with Crippen molar-refractivity contribution >= 4 is 40.3 Å². The number of hydrazone groups is 1. The Morgan fingerprint density at radius 2 is 1.43 bits per heavy atom. The van der Waals surface area contributed by atoms with E-state index in [0.717, 1.165) is 51.7 Å². The van der Waals surface area contributed by atoms with Gasteiger partial charge in [-0.05, 0) is 81.6 Å². The van der Waals surface area contributed by atoms with Gasteiger partial charge in [-0.15, -0.1) is 0 Å². The van der Waals surface area contributed by atoms with E-state index in [1.165, 1.54) is 0 Å². The molecule has 1 heterocycles. The minimum absolute atomic E-state index is 0.00905. The maximum atomic E-state index is 13.6. The van der Waals surface area contributed by atoms with Crippen molar-refractivity contribution < 1.29 is 19.1 Å². The molecule has 0 radical (unpaired) electrons. The number of carbonyl (C=O) groups excluding carboxylic acids is 2. The van der Waals surface area contributed by atoms with Crippen molar-refractivity contribution in [1.29, 1.82) is 5.26 Å². The molecule has 0 spiro atoms. The third-order valence-electron chi connectivity index (χ3n) is 8.16. The molecule has 0 aliphatic carbocycles. The third kappa shape index (κ3) is 8.17. The van der Waals surface area contributed by atoms with E-state index in [2.05, 4.69) is 22.4 Å². The number of nitrogens with one attached hydrogen (secondary N) is 1. The molecule has 49 heavy (non-hydrogen) atoms. The minimum Gasteiger partial charge on any atom is -0.493 e. The Morgan fingerprint density at radius 3 is 2.06 bits per heavy atom. The summed E-state index contributed by atoms with van der Waals surface area (Å²) in [6.45, 7) is 8.51. The summed E-state index contributed by atoms with van der Waals surface area (Å²) < 4.78 is 12.2. The molecule has 0 atom stereocenters. The van der Waals surface area contributed by atoms with Gasteiger partial charge in [-0.3, -0.25) is 19.9 Å². The molecule has 9 heteroatoms. The summed E-state index contributed by atoms with van der Waals surface area (Å²) in [4.78, 5) is 30.0. The lowest BCUT2D eigenvalue weighted by atomic mass is 9.99. The fraction of sp³-hybridized carbons (Fsp3) is 0.250. The lowest BCUT2D eigenvalue weighted by Gasteiger charge is -2.27. The van der Waals surface area contributed by atoms with Crippen molar-refractivity contribution in [3.63, 3.8) is 0 Å². The third-order valence-corrected chi connectivity index (χ3v) is 8.16. The largest absolute Gasteiger partial charge is 0.493 e. The van der Waals surface area contributed by atoms with Gasteiger partial charge in [0.2, 0.25) is 0 Å². The molecule has 1 N–H and O–H groups in total. The van der Waals surface area contributed by atoms with Crippen LogP contribution in [0.1, 0.15) is 44.2 Å². The molecular formula is C40H41N5O4. The van der Waals surface area contributed by atoms with E-state index in [0.29, 0.717) is 31.1 Å². The van der Waals surface area contributed by atoms with Gasteiger partial charge in [-0.2, -0.15) is 10.4 Å². The van der Waals surface area contributed by atoms with Crippen LogP contribution in [0.4, 0.5) is 22.7 Å². The number of nitriles is 1. The quantitative estimate of drug-likeness (QED) is 0.0826. The average Bonchev–Trinajstić information content (AvgIpc) is 3.10. The number of ether oxygens (including phenoxy) is 2. The molecule has 0 aromatic heterocycles. The monoisotopic (exact) mass is 655 g/mol. The van der Waals surface area contributed by atoms with Crippen molar-refractivity contribution in [2.75, 3.05) is 30.1 Å². The molecule has 250 valence electrons. The van der Waals surface area contributed by atoms with Crippen LogP contribution < -0.4 is 19.8 Å². The van der Waals surface area contributed by atoms with Gasteiger partial charge in [-0.25, -0.2) is 0 Å². The summed E-state index contributed by atoms with van der Waals surface area (Å²) in [5, 5.41) is 14.3. The van der Waals surface area contributed by atoms with Gasteiger partial charge in [0, 0.05) is 35.2 Å². The fourth-order valence-corrected chi connectivity index (χ4v) is 5.53. The Balaban J connectivity index is 1.40. The number of carbonyl (C=O) groups is 2. The molecule has 1 aliphatic heterocycles. The molecule has 0 bridgehead atoms. The zero-order valence-electron chi connectivity index (χ0n) is 28.4. The number of hydrogen-bond donors (Lipinski definition) is 1. The second-order valence-electron chi connectivity index (χ2n) is 11.8. The Kier molecular flexibility index (Phi) is 11.5. The Bertz CT molecular complexity index is 1860. The van der Waals surface area contributed by atoms with Crippen LogP contribution in [-0.4, -0.2) is 42.2 Å². The lowest BCUT2D eigenvalue weighted by Crippen LogP contribution is -2.47. The highest BCUT2D eigenvalue weighted by Crippen LogP contribution is 2.38. The summed E-state index contributed by atoms with van der Waals surface area (Å²) in [6.07, 6.45) is 2.20. The number of rotatable bonds is 14. The van der Waals surface area contributed by atoms with Crippen LogP contribution in [0.25, 0.3) is 0 Å². The van der Waals surface area contributed by atoms with Gasteiger partial charge in [0.15, 0.2) is 5.71 Å². The van der Waals surface area contributed by atoms with Gasteiger partial charge in [0.25, 0.3) is 11.8 Å². The number of benzene rings is 4. The van der Waals surface area contributed by atoms with Crippen molar-refractivity contribution in [1.82, 2.24) is 4.90 Å². The van der Waals surface area contributed by atoms with E-state index in [1.807, 2.05) is 117 Å². The van der Waals surface area contributed by atoms with E-state index in [-0.39, 0.29) is 23.4 Å². The minimum atomic E-state index is -0.634. The van der Waals surface area contributed by atoms with Crippen molar-refractivity contribution in [3.05, 3.63) is 119 Å². The number of para-hydroxylation sites is 2. The predicted octanol–water partition coefficient (Wildman–Crippen LogP) is 8.40. The smallest absolute Gasteiger partial charge is 0.281 e. The average molecular weight is 656 g/mol.